The summed E-state index contributed by atoms with van der Waals surface area (Å²) in [7, 11) is 0. The largest absolute Gasteiger partial charge is 0.372 e. The Morgan fingerprint density at radius 3 is 1.20 bits per heavy atom. The molecular weight excluding hydrogens is 803 g/mol. The Labute approximate surface area is 386 Å². The van der Waals surface area contributed by atoms with Crippen molar-refractivity contribution in [3.05, 3.63) is 227 Å². The Bertz CT molecular complexity index is 2330. The van der Waals surface area contributed by atoms with Crippen LogP contribution in [0.15, 0.2) is 188 Å². The van der Waals surface area contributed by atoms with Crippen molar-refractivity contribution in [2.24, 2.45) is 5.41 Å². The topological polar surface area (TPSA) is 50.9 Å². The van der Waals surface area contributed by atoms with E-state index in [1.54, 1.807) is 0 Å². The molecular formula is C57H61N5OS. The average Bonchev–Trinajstić information content (AvgIpc) is 3.31. The molecule has 0 aromatic heterocycles. The summed E-state index contributed by atoms with van der Waals surface area (Å²) in [6.07, 6.45) is 0. The van der Waals surface area contributed by atoms with Gasteiger partial charge in [0.1, 0.15) is 0 Å². The van der Waals surface area contributed by atoms with Gasteiger partial charge in [-0.3, -0.25) is 4.79 Å². The highest BCUT2D eigenvalue weighted by atomic mass is 32.1. The van der Waals surface area contributed by atoms with Gasteiger partial charge in [0, 0.05) is 73.4 Å². The lowest BCUT2D eigenvalue weighted by molar-refractivity contribution is -0.126. The molecule has 0 heterocycles. The van der Waals surface area contributed by atoms with Crippen molar-refractivity contribution in [1.29, 1.82) is 0 Å². The minimum Gasteiger partial charge on any atom is -0.372 e. The van der Waals surface area contributed by atoms with Gasteiger partial charge in [-0.1, -0.05) is 172 Å². The van der Waals surface area contributed by atoms with Crippen molar-refractivity contribution in [1.82, 2.24) is 5.32 Å². The van der Waals surface area contributed by atoms with Crippen molar-refractivity contribution in [3.63, 3.8) is 0 Å². The normalized spacial score (nSPS) is 11.2. The van der Waals surface area contributed by atoms with E-state index in [-0.39, 0.29) is 16.9 Å². The van der Waals surface area contributed by atoms with Crippen LogP contribution in [-0.2, 0) is 31.0 Å². The van der Waals surface area contributed by atoms with Crippen LogP contribution >= 0.6 is 12.2 Å². The van der Waals surface area contributed by atoms with Crippen LogP contribution in [0, 0.1) is 5.41 Å². The first-order chi connectivity index (χ1) is 31.1. The molecule has 0 saturated carbocycles. The fourth-order valence-electron chi connectivity index (χ4n) is 8.13. The number of benzene rings is 7. The number of carbonyl (C=O) groups excluding carboxylic acids is 1. The maximum absolute atomic E-state index is 13.2. The lowest BCUT2D eigenvalue weighted by Crippen LogP contribution is -2.41. The fraction of sp³-hybridized carbons (Fsp3) is 0.228. The van der Waals surface area contributed by atoms with E-state index in [0.717, 1.165) is 78.7 Å². The van der Waals surface area contributed by atoms with Crippen molar-refractivity contribution >= 4 is 46.0 Å². The smallest absolute Gasteiger partial charge is 0.231 e. The molecule has 6 nitrogen and oxygen atoms in total. The van der Waals surface area contributed by atoms with Gasteiger partial charge in [0.05, 0.1) is 0 Å². The van der Waals surface area contributed by atoms with Crippen LogP contribution in [0.4, 0.5) is 22.7 Å². The molecule has 2 N–H and O–H groups in total. The highest BCUT2D eigenvalue weighted by molar-refractivity contribution is 7.80. The molecule has 0 saturated heterocycles. The minimum atomic E-state index is -0.604. The number of hydrogen-bond acceptors (Lipinski definition) is 5. The van der Waals surface area contributed by atoms with E-state index in [9.17, 15) is 4.79 Å². The molecule has 7 rings (SSSR count). The number of amides is 1. The van der Waals surface area contributed by atoms with E-state index >= 15 is 0 Å². The summed E-state index contributed by atoms with van der Waals surface area (Å²) in [5.74, 6) is -0.314. The molecule has 0 aliphatic carbocycles. The summed E-state index contributed by atoms with van der Waals surface area (Å²) in [4.78, 5) is 20.4. The molecule has 7 aromatic carbocycles. The van der Waals surface area contributed by atoms with Gasteiger partial charge in [-0.05, 0) is 101 Å². The molecule has 0 aliphatic heterocycles. The van der Waals surface area contributed by atoms with Gasteiger partial charge in [0.25, 0.3) is 0 Å². The van der Waals surface area contributed by atoms with Crippen LogP contribution in [0.25, 0.3) is 0 Å². The molecule has 0 unspecified atom stereocenters. The number of anilines is 4. The second-order valence-corrected chi connectivity index (χ2v) is 17.8. The zero-order chi connectivity index (χ0) is 44.9. The van der Waals surface area contributed by atoms with E-state index in [2.05, 4.69) is 227 Å². The zero-order valence-electron chi connectivity index (χ0n) is 37.9. The molecule has 0 atom stereocenters. The monoisotopic (exact) mass is 863 g/mol. The maximum Gasteiger partial charge on any atom is 0.231 e. The highest BCUT2D eigenvalue weighted by Gasteiger charge is 2.25. The summed E-state index contributed by atoms with van der Waals surface area (Å²) in [6, 6.07) is 67.4. The summed E-state index contributed by atoms with van der Waals surface area (Å²) in [6.45, 7) is 14.8. The van der Waals surface area contributed by atoms with Gasteiger partial charge in [-0.15, -0.1) is 0 Å². The van der Waals surface area contributed by atoms with E-state index in [1.165, 1.54) is 22.3 Å². The zero-order valence-corrected chi connectivity index (χ0v) is 38.7. The Hall–Kier alpha value is -6.70. The molecule has 7 aromatic rings. The van der Waals surface area contributed by atoms with Crippen molar-refractivity contribution in [2.75, 3.05) is 33.1 Å². The third kappa shape index (κ3) is 12.1. The number of thiocarbonyl (C=S) groups is 1. The Morgan fingerprint density at radius 2 is 0.859 bits per heavy atom. The molecule has 0 aliphatic rings. The van der Waals surface area contributed by atoms with Gasteiger partial charge in [-0.2, -0.15) is 0 Å². The predicted octanol–water partition coefficient (Wildman–Crippen LogP) is 13.0. The van der Waals surface area contributed by atoms with E-state index in [4.69, 9.17) is 12.2 Å². The Morgan fingerprint density at radius 1 is 0.500 bits per heavy atom. The molecule has 0 radical (unpaired) electrons. The molecule has 326 valence electrons. The highest BCUT2D eigenvalue weighted by Crippen LogP contribution is 2.40. The number of nitrogens with zero attached hydrogens (tertiary/aromatic N) is 3. The average molecular weight is 864 g/mol. The summed E-state index contributed by atoms with van der Waals surface area (Å²) < 4.78 is 0. The van der Waals surface area contributed by atoms with E-state index in [1.807, 2.05) is 20.8 Å². The molecule has 64 heavy (non-hydrogen) atoms. The minimum absolute atomic E-state index is 0.139. The number of nitrogens with one attached hydrogen (secondary N) is 2. The lowest BCUT2D eigenvalue weighted by atomic mass is 9.83. The number of hydrogen-bond donors (Lipinski definition) is 2. The third-order valence-corrected chi connectivity index (χ3v) is 11.9. The van der Waals surface area contributed by atoms with Crippen LogP contribution in [0.1, 0.15) is 79.5 Å². The van der Waals surface area contributed by atoms with Gasteiger partial charge >= 0.3 is 0 Å². The Kier molecular flexibility index (Phi) is 15.3. The van der Waals surface area contributed by atoms with Crippen LogP contribution in [0.5, 0.6) is 0 Å². The molecule has 7 heteroatoms. The SMILES string of the molecule is CCN(CC)c1ccc(C(c2ccc(N(Cc3ccccc3)Cc3ccccc3)cc2)c2ccc(N(Cc3ccccc3)Cc3ccccc3)cc2)c(NC(=S)NC(=O)C(C)(C)C)c1. The number of carbonyl (C=O) groups is 1. The van der Waals surface area contributed by atoms with Crippen molar-refractivity contribution < 1.29 is 4.79 Å². The Balaban J connectivity index is 1.31. The molecule has 0 bridgehead atoms. The summed E-state index contributed by atoms with van der Waals surface area (Å²) >= 11 is 5.86. The van der Waals surface area contributed by atoms with Crippen LogP contribution < -0.4 is 25.3 Å². The third-order valence-electron chi connectivity index (χ3n) is 11.7. The summed E-state index contributed by atoms with van der Waals surface area (Å²) in [5, 5.41) is 6.74. The first-order valence-corrected chi connectivity index (χ1v) is 22.9. The number of rotatable bonds is 17. The van der Waals surface area contributed by atoms with E-state index in [0.29, 0.717) is 0 Å². The van der Waals surface area contributed by atoms with Gasteiger partial charge < -0.3 is 25.3 Å². The molecule has 1 amide bonds. The quantitative estimate of drug-likeness (QED) is 0.0703. The van der Waals surface area contributed by atoms with Crippen LogP contribution in [-0.4, -0.2) is 24.1 Å². The first kappa shape index (κ1) is 45.3. The van der Waals surface area contributed by atoms with Crippen molar-refractivity contribution in [3.8, 4) is 0 Å². The fourth-order valence-corrected chi connectivity index (χ4v) is 8.34. The van der Waals surface area contributed by atoms with Gasteiger partial charge in [0.15, 0.2) is 5.11 Å². The summed E-state index contributed by atoms with van der Waals surface area (Å²) in [5.41, 5.74) is 12.0. The van der Waals surface area contributed by atoms with E-state index < -0.39 is 5.41 Å². The van der Waals surface area contributed by atoms with Gasteiger partial charge in [0.2, 0.25) is 5.91 Å². The van der Waals surface area contributed by atoms with Crippen LogP contribution in [0.2, 0.25) is 0 Å². The standard InChI is InChI=1S/C57H61N5OS/c1-6-60(7-2)51-36-37-52(53(38-51)58-56(64)59-55(63)57(3,4)5)54(47-28-32-49(33-29-47)61(39-43-20-12-8-13-21-43)40-44-22-14-9-15-23-44)48-30-34-50(35-31-48)62(41-45-24-16-10-17-25-45)42-46-26-18-11-19-27-46/h8-38,54H,6-7,39-42H2,1-5H3,(H2,58,59,63,64). The predicted molar refractivity (Wildman–Crippen MR) is 273 cm³/mol. The lowest BCUT2D eigenvalue weighted by Gasteiger charge is -2.29. The second kappa shape index (κ2) is 21.6. The second-order valence-electron chi connectivity index (χ2n) is 17.4. The maximum atomic E-state index is 13.2. The van der Waals surface area contributed by atoms with Gasteiger partial charge in [-0.25, -0.2) is 0 Å². The van der Waals surface area contributed by atoms with Crippen LogP contribution in [0.3, 0.4) is 0 Å². The molecule has 0 spiro atoms. The first-order valence-electron chi connectivity index (χ1n) is 22.4. The van der Waals surface area contributed by atoms with Crippen molar-refractivity contribution in [2.45, 2.75) is 66.7 Å². The molecule has 0 fully saturated rings.